The van der Waals surface area contributed by atoms with Crippen LogP contribution >= 0.6 is 15.9 Å². The van der Waals surface area contributed by atoms with E-state index >= 15 is 0 Å². The average molecular weight is 336 g/mol. The Kier molecular flexibility index (Phi) is 4.61. The molecule has 2 aromatic rings. The van der Waals surface area contributed by atoms with Crippen molar-refractivity contribution in [3.63, 3.8) is 0 Å². The second kappa shape index (κ2) is 6.06. The standard InChI is InChI=1S/C17H19BrFN/c1-17(2,13-6-4-3-5-7-13)16(20)10-12-8-9-14(19)11-15(12)18/h3-9,11,16H,10,20H2,1-2H3. The Labute approximate surface area is 128 Å². The van der Waals surface area contributed by atoms with Crippen LogP contribution in [-0.2, 0) is 11.8 Å². The third kappa shape index (κ3) is 3.28. The van der Waals surface area contributed by atoms with Crippen LogP contribution in [0.3, 0.4) is 0 Å². The molecule has 0 spiro atoms. The highest BCUT2D eigenvalue weighted by Crippen LogP contribution is 2.29. The smallest absolute Gasteiger partial charge is 0.124 e. The van der Waals surface area contributed by atoms with Crippen LogP contribution in [0.4, 0.5) is 4.39 Å². The molecule has 0 heterocycles. The molecule has 0 fully saturated rings. The molecule has 2 N–H and O–H groups in total. The zero-order chi connectivity index (χ0) is 14.8. The van der Waals surface area contributed by atoms with Gasteiger partial charge in [0.15, 0.2) is 0 Å². The average Bonchev–Trinajstić information content (AvgIpc) is 2.42. The monoisotopic (exact) mass is 335 g/mol. The number of rotatable bonds is 4. The van der Waals surface area contributed by atoms with Crippen LogP contribution in [0.2, 0.25) is 0 Å². The van der Waals surface area contributed by atoms with Crippen molar-refractivity contribution in [1.29, 1.82) is 0 Å². The van der Waals surface area contributed by atoms with Gasteiger partial charge in [0, 0.05) is 15.9 Å². The first-order valence-electron chi connectivity index (χ1n) is 6.66. The van der Waals surface area contributed by atoms with E-state index in [9.17, 15) is 4.39 Å². The predicted molar refractivity (Wildman–Crippen MR) is 85.2 cm³/mol. The van der Waals surface area contributed by atoms with Crippen LogP contribution in [0.1, 0.15) is 25.0 Å². The lowest BCUT2D eigenvalue weighted by Crippen LogP contribution is -2.42. The van der Waals surface area contributed by atoms with Gasteiger partial charge >= 0.3 is 0 Å². The number of nitrogens with two attached hydrogens (primary N) is 1. The van der Waals surface area contributed by atoms with E-state index in [1.54, 1.807) is 6.07 Å². The maximum absolute atomic E-state index is 13.1. The molecule has 0 aliphatic rings. The van der Waals surface area contributed by atoms with Gasteiger partial charge in [-0.15, -0.1) is 0 Å². The molecule has 0 amide bonds. The molecule has 1 atom stereocenters. The Morgan fingerprint density at radius 3 is 2.40 bits per heavy atom. The van der Waals surface area contributed by atoms with Crippen molar-refractivity contribution in [2.45, 2.75) is 31.7 Å². The number of hydrogen-bond acceptors (Lipinski definition) is 1. The fourth-order valence-corrected chi connectivity index (χ4v) is 2.77. The van der Waals surface area contributed by atoms with Crippen molar-refractivity contribution in [3.8, 4) is 0 Å². The summed E-state index contributed by atoms with van der Waals surface area (Å²) in [5.41, 5.74) is 8.51. The molecule has 0 aromatic heterocycles. The van der Waals surface area contributed by atoms with Gasteiger partial charge in [0.05, 0.1) is 0 Å². The first-order valence-corrected chi connectivity index (χ1v) is 7.45. The lowest BCUT2D eigenvalue weighted by molar-refractivity contribution is 0.406. The van der Waals surface area contributed by atoms with Crippen molar-refractivity contribution in [3.05, 3.63) is 69.9 Å². The van der Waals surface area contributed by atoms with Gasteiger partial charge in [-0.3, -0.25) is 0 Å². The topological polar surface area (TPSA) is 26.0 Å². The van der Waals surface area contributed by atoms with Crippen molar-refractivity contribution < 1.29 is 4.39 Å². The van der Waals surface area contributed by atoms with E-state index in [2.05, 4.69) is 41.9 Å². The Hall–Kier alpha value is -1.19. The zero-order valence-corrected chi connectivity index (χ0v) is 13.3. The first kappa shape index (κ1) is 15.2. The molecule has 0 bridgehead atoms. The molecule has 1 nitrogen and oxygen atoms in total. The van der Waals surface area contributed by atoms with Gasteiger partial charge in [0.25, 0.3) is 0 Å². The highest BCUT2D eigenvalue weighted by atomic mass is 79.9. The van der Waals surface area contributed by atoms with Gasteiger partial charge in [0.1, 0.15) is 5.82 Å². The van der Waals surface area contributed by atoms with E-state index < -0.39 is 0 Å². The highest BCUT2D eigenvalue weighted by molar-refractivity contribution is 9.10. The summed E-state index contributed by atoms with van der Waals surface area (Å²) in [4.78, 5) is 0. The van der Waals surface area contributed by atoms with Crippen LogP contribution in [0.25, 0.3) is 0 Å². The van der Waals surface area contributed by atoms with Crippen LogP contribution < -0.4 is 5.73 Å². The minimum atomic E-state index is -0.239. The minimum absolute atomic E-state index is 0.0494. The molecule has 1 unspecified atom stereocenters. The normalized spacial score (nSPS) is 13.2. The molecule has 20 heavy (non-hydrogen) atoms. The SMILES string of the molecule is CC(C)(c1ccccc1)C(N)Cc1ccc(F)cc1Br. The molecular formula is C17H19BrFN. The van der Waals surface area contributed by atoms with Crippen molar-refractivity contribution in [2.24, 2.45) is 5.73 Å². The van der Waals surface area contributed by atoms with Gasteiger partial charge in [-0.2, -0.15) is 0 Å². The Balaban J connectivity index is 2.21. The Bertz CT molecular complexity index is 581. The molecule has 0 saturated carbocycles. The molecular weight excluding hydrogens is 317 g/mol. The van der Waals surface area contributed by atoms with Crippen molar-refractivity contribution >= 4 is 15.9 Å². The molecule has 0 aliphatic carbocycles. The highest BCUT2D eigenvalue weighted by Gasteiger charge is 2.28. The van der Waals surface area contributed by atoms with E-state index in [1.807, 2.05) is 18.2 Å². The fourth-order valence-electron chi connectivity index (χ4n) is 2.26. The second-order valence-electron chi connectivity index (χ2n) is 5.63. The first-order chi connectivity index (χ1) is 9.41. The molecule has 0 aliphatic heterocycles. The zero-order valence-electron chi connectivity index (χ0n) is 11.7. The quantitative estimate of drug-likeness (QED) is 0.878. The Morgan fingerprint density at radius 1 is 1.15 bits per heavy atom. The number of hydrogen-bond donors (Lipinski definition) is 1. The summed E-state index contributed by atoms with van der Waals surface area (Å²) < 4.78 is 13.9. The van der Waals surface area contributed by atoms with E-state index in [0.29, 0.717) is 6.42 Å². The van der Waals surface area contributed by atoms with Gasteiger partial charge in [-0.1, -0.05) is 66.2 Å². The van der Waals surface area contributed by atoms with E-state index in [1.165, 1.54) is 17.7 Å². The van der Waals surface area contributed by atoms with Crippen molar-refractivity contribution in [2.75, 3.05) is 0 Å². The lowest BCUT2D eigenvalue weighted by atomic mass is 9.76. The third-order valence-corrected chi connectivity index (χ3v) is 4.64. The third-order valence-electron chi connectivity index (χ3n) is 3.90. The van der Waals surface area contributed by atoms with Crippen LogP contribution in [0, 0.1) is 5.82 Å². The van der Waals surface area contributed by atoms with Crippen LogP contribution in [0.15, 0.2) is 53.0 Å². The predicted octanol–water partition coefficient (Wildman–Crippen LogP) is 4.44. The van der Waals surface area contributed by atoms with Gasteiger partial charge in [-0.25, -0.2) is 4.39 Å². The number of benzene rings is 2. The summed E-state index contributed by atoms with van der Waals surface area (Å²) in [6, 6.07) is 14.9. The molecule has 0 saturated heterocycles. The van der Waals surface area contributed by atoms with Gasteiger partial charge < -0.3 is 5.73 Å². The molecule has 0 radical (unpaired) electrons. The summed E-state index contributed by atoms with van der Waals surface area (Å²) in [7, 11) is 0. The lowest BCUT2D eigenvalue weighted by Gasteiger charge is -2.32. The van der Waals surface area contributed by atoms with E-state index in [-0.39, 0.29) is 17.3 Å². The summed E-state index contributed by atoms with van der Waals surface area (Å²) in [5, 5.41) is 0. The summed E-state index contributed by atoms with van der Waals surface area (Å²) in [6.45, 7) is 4.29. The molecule has 2 rings (SSSR count). The Morgan fingerprint density at radius 2 is 1.80 bits per heavy atom. The minimum Gasteiger partial charge on any atom is -0.327 e. The van der Waals surface area contributed by atoms with E-state index in [4.69, 9.17) is 5.73 Å². The van der Waals surface area contributed by atoms with Crippen molar-refractivity contribution in [1.82, 2.24) is 0 Å². The van der Waals surface area contributed by atoms with Crippen LogP contribution in [0.5, 0.6) is 0 Å². The number of halogens is 2. The summed E-state index contributed by atoms with van der Waals surface area (Å²) >= 11 is 3.40. The fraction of sp³-hybridized carbons (Fsp3) is 0.294. The summed E-state index contributed by atoms with van der Waals surface area (Å²) in [5.74, 6) is -0.239. The maximum atomic E-state index is 13.1. The molecule has 106 valence electrons. The van der Waals surface area contributed by atoms with Crippen LogP contribution in [-0.4, -0.2) is 6.04 Å². The molecule has 2 aromatic carbocycles. The maximum Gasteiger partial charge on any atom is 0.124 e. The van der Waals surface area contributed by atoms with E-state index in [0.717, 1.165) is 10.0 Å². The molecule has 3 heteroatoms. The summed E-state index contributed by atoms with van der Waals surface area (Å²) in [6.07, 6.45) is 0.697. The second-order valence-corrected chi connectivity index (χ2v) is 6.49. The van der Waals surface area contributed by atoms with Gasteiger partial charge in [-0.05, 0) is 29.7 Å². The van der Waals surface area contributed by atoms with Gasteiger partial charge in [0.2, 0.25) is 0 Å². The largest absolute Gasteiger partial charge is 0.327 e.